The minimum Gasteiger partial charge on any atom is -0.393 e. The van der Waals surface area contributed by atoms with Crippen LogP contribution in [0.2, 0.25) is 0 Å². The normalized spacial score (nSPS) is 28.1. The van der Waals surface area contributed by atoms with Crippen molar-refractivity contribution in [3.63, 3.8) is 0 Å². The number of carbonyl (C=O) groups is 1. The van der Waals surface area contributed by atoms with Crippen molar-refractivity contribution in [3.05, 3.63) is 0 Å². The fourth-order valence-electron chi connectivity index (χ4n) is 1.95. The topological polar surface area (TPSA) is 49.3 Å². The predicted octanol–water partition coefficient (Wildman–Crippen LogP) is 1.56. The molecular formula is C12H23NO2. The van der Waals surface area contributed by atoms with E-state index in [0.29, 0.717) is 12.5 Å². The maximum Gasteiger partial charge on any atom is 0.223 e. The summed E-state index contributed by atoms with van der Waals surface area (Å²) in [6.07, 6.45) is 2.80. The zero-order valence-electron chi connectivity index (χ0n) is 9.99. The Labute approximate surface area is 92.3 Å². The minimum absolute atomic E-state index is 0.0588. The highest BCUT2D eigenvalue weighted by Crippen LogP contribution is 2.24. The van der Waals surface area contributed by atoms with Crippen LogP contribution in [-0.4, -0.2) is 23.7 Å². The summed E-state index contributed by atoms with van der Waals surface area (Å²) in [6, 6.07) is 0. The largest absolute Gasteiger partial charge is 0.393 e. The quantitative estimate of drug-likeness (QED) is 0.744. The molecule has 0 bridgehead atoms. The molecular weight excluding hydrogens is 190 g/mol. The van der Waals surface area contributed by atoms with Crippen LogP contribution >= 0.6 is 0 Å². The Morgan fingerprint density at radius 3 is 2.53 bits per heavy atom. The molecule has 3 unspecified atom stereocenters. The van der Waals surface area contributed by atoms with E-state index in [1.807, 2.05) is 6.92 Å². The van der Waals surface area contributed by atoms with E-state index in [1.54, 1.807) is 0 Å². The van der Waals surface area contributed by atoms with Gasteiger partial charge in [0.15, 0.2) is 0 Å². The average Bonchev–Trinajstić information content (AvgIpc) is 2.59. The molecule has 0 aliphatic heterocycles. The maximum atomic E-state index is 11.7. The van der Waals surface area contributed by atoms with Crippen molar-refractivity contribution >= 4 is 5.91 Å². The number of rotatable bonds is 4. The third-order valence-electron chi connectivity index (χ3n) is 3.57. The van der Waals surface area contributed by atoms with Gasteiger partial charge >= 0.3 is 0 Å². The van der Waals surface area contributed by atoms with Crippen molar-refractivity contribution in [2.45, 2.75) is 46.1 Å². The molecule has 1 rings (SSSR count). The van der Waals surface area contributed by atoms with Gasteiger partial charge in [0.2, 0.25) is 5.91 Å². The summed E-state index contributed by atoms with van der Waals surface area (Å²) in [5.74, 6) is 0.819. The van der Waals surface area contributed by atoms with E-state index < -0.39 is 0 Å². The van der Waals surface area contributed by atoms with Gasteiger partial charge in [-0.25, -0.2) is 0 Å². The zero-order chi connectivity index (χ0) is 11.4. The summed E-state index contributed by atoms with van der Waals surface area (Å²) in [6.45, 7) is 6.69. The van der Waals surface area contributed by atoms with Gasteiger partial charge < -0.3 is 10.4 Å². The molecule has 3 atom stereocenters. The molecule has 15 heavy (non-hydrogen) atoms. The number of hydrogen-bond donors (Lipinski definition) is 2. The number of hydrogen-bond acceptors (Lipinski definition) is 2. The van der Waals surface area contributed by atoms with Crippen LogP contribution in [0.5, 0.6) is 0 Å². The molecule has 0 aromatic rings. The van der Waals surface area contributed by atoms with Gasteiger partial charge in [0.25, 0.3) is 0 Å². The van der Waals surface area contributed by atoms with E-state index in [4.69, 9.17) is 0 Å². The molecule has 2 N–H and O–H groups in total. The molecule has 88 valence electrons. The summed E-state index contributed by atoms with van der Waals surface area (Å²) in [5.41, 5.74) is 0. The number of nitrogens with one attached hydrogen (secondary N) is 1. The number of carbonyl (C=O) groups excluding carboxylic acids is 1. The highest BCUT2D eigenvalue weighted by atomic mass is 16.3. The van der Waals surface area contributed by atoms with Gasteiger partial charge in [-0.1, -0.05) is 27.2 Å². The smallest absolute Gasteiger partial charge is 0.223 e. The first-order chi connectivity index (χ1) is 7.02. The third-order valence-corrected chi connectivity index (χ3v) is 3.57. The molecule has 3 heteroatoms. The molecule has 1 amide bonds. The van der Waals surface area contributed by atoms with Gasteiger partial charge in [0.1, 0.15) is 0 Å². The maximum absolute atomic E-state index is 11.7. The molecule has 0 saturated heterocycles. The Morgan fingerprint density at radius 1 is 1.40 bits per heavy atom. The molecule has 1 aliphatic rings. The minimum atomic E-state index is -0.209. The fourth-order valence-corrected chi connectivity index (χ4v) is 1.95. The molecule has 0 spiro atoms. The van der Waals surface area contributed by atoms with Crippen molar-refractivity contribution in [1.29, 1.82) is 0 Å². The number of aliphatic hydroxyl groups is 1. The van der Waals surface area contributed by atoms with Crippen molar-refractivity contribution in [1.82, 2.24) is 5.32 Å². The standard InChI is InChI=1S/C12H23NO2/c1-8(2)9(3)12(15)13-7-10-5-4-6-11(10)14/h8-11,14H,4-7H2,1-3H3,(H,13,15). The first-order valence-electron chi connectivity index (χ1n) is 5.98. The third kappa shape index (κ3) is 3.49. The second-order valence-corrected chi connectivity index (χ2v) is 5.04. The van der Waals surface area contributed by atoms with Crippen molar-refractivity contribution in [2.24, 2.45) is 17.8 Å². The van der Waals surface area contributed by atoms with Crippen LogP contribution in [-0.2, 0) is 4.79 Å². The van der Waals surface area contributed by atoms with Crippen molar-refractivity contribution in [2.75, 3.05) is 6.54 Å². The average molecular weight is 213 g/mol. The SMILES string of the molecule is CC(C)C(C)C(=O)NCC1CCCC1O. The highest BCUT2D eigenvalue weighted by Gasteiger charge is 2.26. The predicted molar refractivity (Wildman–Crippen MR) is 60.4 cm³/mol. The highest BCUT2D eigenvalue weighted by molar-refractivity contribution is 5.78. The molecule has 0 radical (unpaired) electrons. The zero-order valence-corrected chi connectivity index (χ0v) is 9.99. The van der Waals surface area contributed by atoms with Gasteiger partial charge in [-0.05, 0) is 18.8 Å². The van der Waals surface area contributed by atoms with E-state index in [2.05, 4.69) is 19.2 Å². The molecule has 0 heterocycles. The van der Waals surface area contributed by atoms with E-state index in [-0.39, 0.29) is 23.8 Å². The van der Waals surface area contributed by atoms with Crippen LogP contribution in [0.4, 0.5) is 0 Å². The monoisotopic (exact) mass is 213 g/mol. The van der Waals surface area contributed by atoms with Crippen LogP contribution in [0, 0.1) is 17.8 Å². The Balaban J connectivity index is 2.27. The number of amides is 1. The van der Waals surface area contributed by atoms with E-state index in [1.165, 1.54) is 0 Å². The fraction of sp³-hybridized carbons (Fsp3) is 0.917. The van der Waals surface area contributed by atoms with Crippen LogP contribution in [0.1, 0.15) is 40.0 Å². The molecule has 0 aromatic heterocycles. The summed E-state index contributed by atoms with van der Waals surface area (Å²) in [5, 5.41) is 12.5. The van der Waals surface area contributed by atoms with Crippen LogP contribution in [0.15, 0.2) is 0 Å². The lowest BCUT2D eigenvalue weighted by molar-refractivity contribution is -0.126. The van der Waals surface area contributed by atoms with E-state index in [0.717, 1.165) is 19.3 Å². The second-order valence-electron chi connectivity index (χ2n) is 5.04. The van der Waals surface area contributed by atoms with Gasteiger partial charge in [-0.3, -0.25) is 4.79 Å². The first kappa shape index (κ1) is 12.5. The lowest BCUT2D eigenvalue weighted by atomic mass is 9.97. The van der Waals surface area contributed by atoms with Crippen LogP contribution < -0.4 is 5.32 Å². The molecule has 1 fully saturated rings. The van der Waals surface area contributed by atoms with Gasteiger partial charge in [-0.2, -0.15) is 0 Å². The summed E-state index contributed by atoms with van der Waals surface area (Å²) in [4.78, 5) is 11.7. The summed E-state index contributed by atoms with van der Waals surface area (Å²) in [7, 11) is 0. The van der Waals surface area contributed by atoms with Gasteiger partial charge in [-0.15, -0.1) is 0 Å². The Bertz CT molecular complexity index is 216. The molecule has 3 nitrogen and oxygen atoms in total. The Morgan fingerprint density at radius 2 is 2.07 bits per heavy atom. The lowest BCUT2D eigenvalue weighted by Gasteiger charge is -2.19. The van der Waals surface area contributed by atoms with Gasteiger partial charge in [0.05, 0.1) is 6.10 Å². The first-order valence-corrected chi connectivity index (χ1v) is 5.98. The lowest BCUT2D eigenvalue weighted by Crippen LogP contribution is -2.37. The van der Waals surface area contributed by atoms with Gasteiger partial charge in [0, 0.05) is 18.4 Å². The summed E-state index contributed by atoms with van der Waals surface area (Å²) >= 11 is 0. The molecule has 0 aromatic carbocycles. The van der Waals surface area contributed by atoms with Crippen LogP contribution in [0.25, 0.3) is 0 Å². The summed E-state index contributed by atoms with van der Waals surface area (Å²) < 4.78 is 0. The molecule has 1 saturated carbocycles. The van der Waals surface area contributed by atoms with E-state index >= 15 is 0 Å². The van der Waals surface area contributed by atoms with E-state index in [9.17, 15) is 9.90 Å². The van der Waals surface area contributed by atoms with Crippen molar-refractivity contribution in [3.8, 4) is 0 Å². The number of aliphatic hydroxyl groups excluding tert-OH is 1. The van der Waals surface area contributed by atoms with Crippen LogP contribution in [0.3, 0.4) is 0 Å². The second kappa shape index (κ2) is 5.50. The Kier molecular flexibility index (Phi) is 4.58. The molecule has 1 aliphatic carbocycles. The van der Waals surface area contributed by atoms with Crippen molar-refractivity contribution < 1.29 is 9.90 Å². The Hall–Kier alpha value is -0.570.